The molecule has 1 fully saturated rings. The van der Waals surface area contributed by atoms with Crippen LogP contribution in [0, 0.1) is 6.92 Å². The van der Waals surface area contributed by atoms with Gasteiger partial charge in [-0.15, -0.1) is 0 Å². The first kappa shape index (κ1) is 16.0. The molecule has 0 aliphatic carbocycles. The van der Waals surface area contributed by atoms with E-state index in [9.17, 15) is 9.59 Å². The fraction of sp³-hybridized carbons (Fsp3) is 0.300. The van der Waals surface area contributed by atoms with Crippen molar-refractivity contribution >= 4 is 23.3 Å². The maximum Gasteiger partial charge on any atom is 0.272 e. The van der Waals surface area contributed by atoms with Gasteiger partial charge in [0, 0.05) is 31.2 Å². The summed E-state index contributed by atoms with van der Waals surface area (Å²) in [5.74, 6) is 0.385. The number of amides is 2. The quantitative estimate of drug-likeness (QED) is 0.720. The SMILES string of the molecule is Cc1nc2ncccn2c1C(=O)N1CCC[C@@]2(C1)C(=O)Nc1ccccc12. The van der Waals surface area contributed by atoms with Gasteiger partial charge in [0.05, 0.1) is 11.1 Å². The van der Waals surface area contributed by atoms with Gasteiger partial charge in [0.1, 0.15) is 5.69 Å². The fourth-order valence-electron chi connectivity index (χ4n) is 4.41. The minimum atomic E-state index is -0.669. The van der Waals surface area contributed by atoms with Gasteiger partial charge in [-0.05, 0) is 37.5 Å². The summed E-state index contributed by atoms with van der Waals surface area (Å²) in [6, 6.07) is 9.55. The minimum Gasteiger partial charge on any atom is -0.336 e. The molecule has 136 valence electrons. The molecule has 0 unspecified atom stereocenters. The van der Waals surface area contributed by atoms with Gasteiger partial charge in [-0.3, -0.25) is 14.0 Å². The lowest BCUT2D eigenvalue weighted by molar-refractivity contribution is -0.122. The van der Waals surface area contributed by atoms with E-state index >= 15 is 0 Å². The van der Waals surface area contributed by atoms with Gasteiger partial charge in [0.2, 0.25) is 11.7 Å². The lowest BCUT2D eigenvalue weighted by Crippen LogP contribution is -2.52. The van der Waals surface area contributed by atoms with Gasteiger partial charge in [-0.2, -0.15) is 0 Å². The predicted molar refractivity (Wildman–Crippen MR) is 99.6 cm³/mol. The van der Waals surface area contributed by atoms with Crippen molar-refractivity contribution in [3.05, 3.63) is 59.7 Å². The number of carbonyl (C=O) groups excluding carboxylic acids is 2. The number of nitrogens with one attached hydrogen (secondary N) is 1. The number of aromatic nitrogens is 3. The van der Waals surface area contributed by atoms with Gasteiger partial charge >= 0.3 is 0 Å². The zero-order chi connectivity index (χ0) is 18.6. The molecule has 1 saturated heterocycles. The van der Waals surface area contributed by atoms with Crippen LogP contribution in [0.3, 0.4) is 0 Å². The number of imidazole rings is 1. The zero-order valence-electron chi connectivity index (χ0n) is 15.0. The molecule has 0 saturated carbocycles. The van der Waals surface area contributed by atoms with E-state index in [1.165, 1.54) is 0 Å². The number of para-hydroxylation sites is 1. The smallest absolute Gasteiger partial charge is 0.272 e. The lowest BCUT2D eigenvalue weighted by atomic mass is 9.75. The summed E-state index contributed by atoms with van der Waals surface area (Å²) < 4.78 is 1.72. The Morgan fingerprint density at radius 1 is 1.26 bits per heavy atom. The van der Waals surface area contributed by atoms with E-state index in [-0.39, 0.29) is 11.8 Å². The number of likely N-dealkylation sites (tertiary alicyclic amines) is 1. The summed E-state index contributed by atoms with van der Waals surface area (Å²) in [4.78, 5) is 36.6. The maximum absolute atomic E-state index is 13.4. The highest BCUT2D eigenvalue weighted by atomic mass is 16.2. The molecule has 4 heterocycles. The number of rotatable bonds is 1. The van der Waals surface area contributed by atoms with Crippen molar-refractivity contribution in [1.29, 1.82) is 0 Å². The third-order valence-corrected chi connectivity index (χ3v) is 5.69. The van der Waals surface area contributed by atoms with Crippen LogP contribution in [0.2, 0.25) is 0 Å². The Balaban J connectivity index is 1.54. The molecular formula is C20H19N5O2. The van der Waals surface area contributed by atoms with E-state index in [4.69, 9.17) is 0 Å². The molecule has 27 heavy (non-hydrogen) atoms. The molecule has 3 aromatic rings. The second-order valence-electron chi connectivity index (χ2n) is 7.25. The number of aryl methyl sites for hydroxylation is 1. The summed E-state index contributed by atoms with van der Waals surface area (Å²) in [5, 5.41) is 2.99. The largest absolute Gasteiger partial charge is 0.336 e. The van der Waals surface area contributed by atoms with E-state index < -0.39 is 5.41 Å². The molecule has 2 amide bonds. The molecular weight excluding hydrogens is 342 g/mol. The summed E-state index contributed by atoms with van der Waals surface area (Å²) >= 11 is 0. The van der Waals surface area contributed by atoms with Crippen LogP contribution in [0.1, 0.15) is 34.6 Å². The van der Waals surface area contributed by atoms with Crippen molar-refractivity contribution in [3.63, 3.8) is 0 Å². The van der Waals surface area contributed by atoms with Gasteiger partial charge in [0.15, 0.2) is 0 Å². The number of fused-ring (bicyclic) bond motifs is 3. The van der Waals surface area contributed by atoms with Crippen LogP contribution in [0.4, 0.5) is 5.69 Å². The van der Waals surface area contributed by atoms with Crippen molar-refractivity contribution in [2.75, 3.05) is 18.4 Å². The average Bonchev–Trinajstić information content (AvgIpc) is 3.15. The van der Waals surface area contributed by atoms with Crippen LogP contribution < -0.4 is 5.32 Å². The Hall–Kier alpha value is -3.22. The first-order chi connectivity index (χ1) is 13.1. The van der Waals surface area contributed by atoms with E-state index in [2.05, 4.69) is 15.3 Å². The third-order valence-electron chi connectivity index (χ3n) is 5.69. The Kier molecular flexibility index (Phi) is 3.34. The van der Waals surface area contributed by atoms with E-state index in [1.54, 1.807) is 27.8 Å². The average molecular weight is 361 g/mol. The summed E-state index contributed by atoms with van der Waals surface area (Å²) in [6.07, 6.45) is 4.98. The standard InChI is InChI=1S/C20H19N5O2/c1-13-16(25-11-5-9-21-19(25)22-13)17(26)24-10-4-8-20(12-24)14-6-2-3-7-15(14)23-18(20)27/h2-3,5-7,9,11H,4,8,10,12H2,1H3,(H,23,27)/t20-/m0/s1. The van der Waals surface area contributed by atoms with Gasteiger partial charge < -0.3 is 10.2 Å². The highest BCUT2D eigenvalue weighted by Gasteiger charge is 2.50. The predicted octanol–water partition coefficient (Wildman–Crippen LogP) is 2.16. The molecule has 7 heteroatoms. The van der Waals surface area contributed by atoms with E-state index in [1.807, 2.05) is 31.2 Å². The second-order valence-corrected chi connectivity index (χ2v) is 7.25. The number of carbonyl (C=O) groups is 2. The first-order valence-electron chi connectivity index (χ1n) is 9.10. The number of piperidine rings is 1. The Morgan fingerprint density at radius 2 is 2.11 bits per heavy atom. The second kappa shape index (κ2) is 5.64. The number of nitrogens with zero attached hydrogens (tertiary/aromatic N) is 4. The van der Waals surface area contributed by atoms with Crippen LogP contribution in [-0.4, -0.2) is 44.2 Å². The van der Waals surface area contributed by atoms with Crippen molar-refractivity contribution < 1.29 is 9.59 Å². The molecule has 2 aromatic heterocycles. The lowest BCUT2D eigenvalue weighted by Gasteiger charge is -2.39. The van der Waals surface area contributed by atoms with Crippen LogP contribution in [0.5, 0.6) is 0 Å². The van der Waals surface area contributed by atoms with E-state index in [0.29, 0.717) is 30.3 Å². The Morgan fingerprint density at radius 3 is 3.00 bits per heavy atom. The third kappa shape index (κ3) is 2.21. The molecule has 2 aliphatic heterocycles. The molecule has 1 spiro atoms. The summed E-state index contributed by atoms with van der Waals surface area (Å²) in [5.41, 5.74) is 2.34. The molecule has 1 N–H and O–H groups in total. The molecule has 2 aliphatic rings. The van der Waals surface area contributed by atoms with E-state index in [0.717, 1.165) is 24.1 Å². The minimum absolute atomic E-state index is 0.0160. The molecule has 5 rings (SSSR count). The molecule has 7 nitrogen and oxygen atoms in total. The van der Waals surface area contributed by atoms with Crippen LogP contribution in [0.25, 0.3) is 5.78 Å². The monoisotopic (exact) mass is 361 g/mol. The molecule has 0 bridgehead atoms. The van der Waals surface area contributed by atoms with Crippen LogP contribution in [0.15, 0.2) is 42.7 Å². The molecule has 0 radical (unpaired) electrons. The normalized spacial score (nSPS) is 21.5. The molecule has 1 atom stereocenters. The molecule has 1 aromatic carbocycles. The summed E-state index contributed by atoms with van der Waals surface area (Å²) in [6.45, 7) is 2.82. The zero-order valence-corrected chi connectivity index (χ0v) is 15.0. The van der Waals surface area contributed by atoms with Crippen molar-refractivity contribution in [3.8, 4) is 0 Å². The van der Waals surface area contributed by atoms with Crippen molar-refractivity contribution in [2.24, 2.45) is 0 Å². The highest BCUT2D eigenvalue weighted by Crippen LogP contribution is 2.43. The number of hydrogen-bond donors (Lipinski definition) is 1. The number of benzene rings is 1. The van der Waals surface area contributed by atoms with Gasteiger partial charge in [-0.25, -0.2) is 9.97 Å². The Labute approximate surface area is 156 Å². The summed E-state index contributed by atoms with van der Waals surface area (Å²) in [7, 11) is 0. The Bertz CT molecular complexity index is 1090. The van der Waals surface area contributed by atoms with Crippen LogP contribution >= 0.6 is 0 Å². The maximum atomic E-state index is 13.4. The topological polar surface area (TPSA) is 79.6 Å². The van der Waals surface area contributed by atoms with Crippen molar-refractivity contribution in [1.82, 2.24) is 19.3 Å². The van der Waals surface area contributed by atoms with Gasteiger partial charge in [0.25, 0.3) is 5.91 Å². The highest BCUT2D eigenvalue weighted by molar-refractivity contribution is 6.07. The van der Waals surface area contributed by atoms with Gasteiger partial charge in [-0.1, -0.05) is 18.2 Å². The first-order valence-corrected chi connectivity index (χ1v) is 9.10. The van der Waals surface area contributed by atoms with Crippen LogP contribution in [-0.2, 0) is 10.2 Å². The fourth-order valence-corrected chi connectivity index (χ4v) is 4.41. The number of hydrogen-bond acceptors (Lipinski definition) is 4. The number of anilines is 1. The van der Waals surface area contributed by atoms with Crippen molar-refractivity contribution in [2.45, 2.75) is 25.2 Å².